The maximum absolute atomic E-state index is 11.1. The van der Waals surface area contributed by atoms with Gasteiger partial charge in [-0.25, -0.2) is 4.79 Å². The summed E-state index contributed by atoms with van der Waals surface area (Å²) in [4.78, 5) is 15.5. The van der Waals surface area contributed by atoms with Gasteiger partial charge in [0, 0.05) is 17.5 Å². The molecule has 0 unspecified atom stereocenters. The Balaban J connectivity index is 2.68. The first-order chi connectivity index (χ1) is 7.72. The number of hydrogen-bond acceptors (Lipinski definition) is 3. The van der Waals surface area contributed by atoms with Gasteiger partial charge in [-0.3, -0.25) is 4.98 Å². The number of pyridine rings is 1. The number of rotatable bonds is 3. The molecule has 1 heterocycles. The molecule has 0 saturated heterocycles. The quantitative estimate of drug-likeness (QED) is 0.813. The number of hydrogen-bond donors (Lipinski definition) is 2. The van der Waals surface area contributed by atoms with Crippen LogP contribution in [0.1, 0.15) is 16.1 Å². The van der Waals surface area contributed by atoms with Crippen LogP contribution < -0.4 is 5.73 Å². The molecule has 16 heavy (non-hydrogen) atoms. The highest BCUT2D eigenvalue weighted by molar-refractivity contribution is 6.02. The molecule has 1 aromatic heterocycles. The third kappa shape index (κ3) is 1.87. The Morgan fingerprint density at radius 2 is 2.12 bits per heavy atom. The van der Waals surface area contributed by atoms with Crippen molar-refractivity contribution in [1.29, 1.82) is 0 Å². The van der Waals surface area contributed by atoms with E-state index in [1.807, 2.05) is 12.1 Å². The van der Waals surface area contributed by atoms with E-state index in [1.54, 1.807) is 18.2 Å². The van der Waals surface area contributed by atoms with Gasteiger partial charge >= 0.3 is 5.97 Å². The van der Waals surface area contributed by atoms with E-state index in [2.05, 4.69) is 4.98 Å². The summed E-state index contributed by atoms with van der Waals surface area (Å²) in [6.07, 6.45) is 0.588. The SMILES string of the molecule is NCCc1cc(C(=O)O)c2ccccc2n1. The lowest BCUT2D eigenvalue weighted by atomic mass is 10.1. The molecule has 1 aromatic carbocycles. The molecule has 0 bridgehead atoms. The predicted octanol–water partition coefficient (Wildman–Crippen LogP) is 1.43. The number of benzene rings is 1. The third-order valence-corrected chi connectivity index (χ3v) is 2.40. The summed E-state index contributed by atoms with van der Waals surface area (Å²) in [5, 5.41) is 9.78. The first-order valence-electron chi connectivity index (χ1n) is 5.04. The molecular weight excluding hydrogens is 204 g/mol. The van der Waals surface area contributed by atoms with Crippen LogP contribution in [0.15, 0.2) is 30.3 Å². The number of aromatic nitrogens is 1. The van der Waals surface area contributed by atoms with Gasteiger partial charge in [0.15, 0.2) is 0 Å². The molecule has 3 N–H and O–H groups in total. The Morgan fingerprint density at radius 1 is 1.38 bits per heavy atom. The van der Waals surface area contributed by atoms with Crippen molar-refractivity contribution in [2.24, 2.45) is 5.73 Å². The van der Waals surface area contributed by atoms with Gasteiger partial charge < -0.3 is 10.8 Å². The topological polar surface area (TPSA) is 76.2 Å². The summed E-state index contributed by atoms with van der Waals surface area (Å²) in [5.74, 6) is -0.933. The molecular formula is C12H12N2O2. The molecule has 0 spiro atoms. The minimum Gasteiger partial charge on any atom is -0.478 e. The average molecular weight is 216 g/mol. The zero-order valence-electron chi connectivity index (χ0n) is 8.68. The smallest absolute Gasteiger partial charge is 0.336 e. The number of nitrogens with two attached hydrogens (primary N) is 1. The van der Waals surface area contributed by atoms with Crippen molar-refractivity contribution >= 4 is 16.9 Å². The Labute approximate surface area is 92.7 Å². The van der Waals surface area contributed by atoms with Crippen LogP contribution in [0.5, 0.6) is 0 Å². The molecule has 0 amide bonds. The zero-order valence-corrected chi connectivity index (χ0v) is 8.68. The van der Waals surface area contributed by atoms with Crippen molar-refractivity contribution < 1.29 is 9.90 Å². The largest absolute Gasteiger partial charge is 0.478 e. The van der Waals surface area contributed by atoms with E-state index in [-0.39, 0.29) is 5.56 Å². The van der Waals surface area contributed by atoms with Crippen molar-refractivity contribution in [3.63, 3.8) is 0 Å². The lowest BCUT2D eigenvalue weighted by molar-refractivity contribution is 0.0699. The summed E-state index contributed by atoms with van der Waals surface area (Å²) < 4.78 is 0. The van der Waals surface area contributed by atoms with Gasteiger partial charge in [0.1, 0.15) is 0 Å². The highest BCUT2D eigenvalue weighted by Gasteiger charge is 2.10. The molecule has 0 aliphatic carbocycles. The second-order valence-corrected chi connectivity index (χ2v) is 3.52. The van der Waals surface area contributed by atoms with Crippen LogP contribution in [0, 0.1) is 0 Å². The summed E-state index contributed by atoms with van der Waals surface area (Å²) in [7, 11) is 0. The van der Waals surface area contributed by atoms with E-state index in [0.29, 0.717) is 23.9 Å². The fourth-order valence-corrected chi connectivity index (χ4v) is 1.68. The van der Waals surface area contributed by atoms with Gasteiger partial charge in [0.25, 0.3) is 0 Å². The summed E-state index contributed by atoms with van der Waals surface area (Å²) >= 11 is 0. The minimum absolute atomic E-state index is 0.286. The van der Waals surface area contributed by atoms with Crippen molar-refractivity contribution in [2.45, 2.75) is 6.42 Å². The Morgan fingerprint density at radius 3 is 2.81 bits per heavy atom. The molecule has 0 aliphatic rings. The van der Waals surface area contributed by atoms with Crippen molar-refractivity contribution in [2.75, 3.05) is 6.54 Å². The van der Waals surface area contributed by atoms with Crippen LogP contribution in [0.2, 0.25) is 0 Å². The highest BCUT2D eigenvalue weighted by atomic mass is 16.4. The molecule has 2 aromatic rings. The second kappa shape index (κ2) is 4.28. The van der Waals surface area contributed by atoms with Crippen LogP contribution in [-0.4, -0.2) is 22.6 Å². The second-order valence-electron chi connectivity index (χ2n) is 3.52. The number of carboxylic acids is 1. The van der Waals surface area contributed by atoms with Gasteiger partial charge in [0.05, 0.1) is 11.1 Å². The van der Waals surface area contributed by atoms with E-state index < -0.39 is 5.97 Å². The number of carbonyl (C=O) groups is 1. The number of fused-ring (bicyclic) bond motifs is 1. The Bertz CT molecular complexity index is 538. The molecule has 0 radical (unpaired) electrons. The lowest BCUT2D eigenvalue weighted by Gasteiger charge is -2.05. The van der Waals surface area contributed by atoms with Gasteiger partial charge in [-0.15, -0.1) is 0 Å². The Hall–Kier alpha value is -1.94. The van der Waals surface area contributed by atoms with Crippen LogP contribution in [0.3, 0.4) is 0 Å². The zero-order chi connectivity index (χ0) is 11.5. The fraction of sp³-hybridized carbons (Fsp3) is 0.167. The normalized spacial score (nSPS) is 10.6. The summed E-state index contributed by atoms with van der Waals surface area (Å²) in [6.45, 7) is 0.463. The number of nitrogens with zero attached hydrogens (tertiary/aromatic N) is 1. The third-order valence-electron chi connectivity index (χ3n) is 2.40. The molecule has 0 saturated carbocycles. The molecule has 2 rings (SSSR count). The van der Waals surface area contributed by atoms with Gasteiger partial charge in [-0.2, -0.15) is 0 Å². The van der Waals surface area contributed by atoms with Gasteiger partial charge in [-0.1, -0.05) is 18.2 Å². The Kier molecular flexibility index (Phi) is 2.83. The van der Waals surface area contributed by atoms with Crippen molar-refractivity contribution in [1.82, 2.24) is 4.98 Å². The van der Waals surface area contributed by atoms with Crippen LogP contribution in [0.4, 0.5) is 0 Å². The maximum atomic E-state index is 11.1. The van der Waals surface area contributed by atoms with E-state index in [1.165, 1.54) is 0 Å². The van der Waals surface area contributed by atoms with Gasteiger partial charge in [-0.05, 0) is 18.7 Å². The molecule has 4 nitrogen and oxygen atoms in total. The van der Waals surface area contributed by atoms with Gasteiger partial charge in [0.2, 0.25) is 0 Å². The average Bonchev–Trinajstić information content (AvgIpc) is 2.28. The maximum Gasteiger partial charge on any atom is 0.336 e. The number of carboxylic acid groups (broad SMARTS) is 1. The van der Waals surface area contributed by atoms with E-state index in [4.69, 9.17) is 10.8 Å². The van der Waals surface area contributed by atoms with Crippen LogP contribution in [-0.2, 0) is 6.42 Å². The number of aromatic carboxylic acids is 1. The molecule has 4 heteroatoms. The fourth-order valence-electron chi connectivity index (χ4n) is 1.68. The molecule has 0 fully saturated rings. The summed E-state index contributed by atoms with van der Waals surface area (Å²) in [5.41, 5.74) is 7.15. The monoisotopic (exact) mass is 216 g/mol. The lowest BCUT2D eigenvalue weighted by Crippen LogP contribution is -2.07. The molecule has 0 atom stereocenters. The first-order valence-corrected chi connectivity index (χ1v) is 5.04. The molecule has 0 aliphatic heterocycles. The van der Waals surface area contributed by atoms with Crippen molar-refractivity contribution in [3.8, 4) is 0 Å². The summed E-state index contributed by atoms with van der Waals surface area (Å²) in [6, 6.07) is 8.81. The molecule has 82 valence electrons. The van der Waals surface area contributed by atoms with E-state index >= 15 is 0 Å². The highest BCUT2D eigenvalue weighted by Crippen LogP contribution is 2.18. The van der Waals surface area contributed by atoms with Crippen LogP contribution in [0.25, 0.3) is 10.9 Å². The minimum atomic E-state index is -0.933. The van der Waals surface area contributed by atoms with E-state index in [9.17, 15) is 4.79 Å². The van der Waals surface area contributed by atoms with Crippen molar-refractivity contribution in [3.05, 3.63) is 41.6 Å². The first kappa shape index (κ1) is 10.6. The standard InChI is InChI=1S/C12H12N2O2/c13-6-5-8-7-10(12(15)16)9-3-1-2-4-11(9)14-8/h1-4,7H,5-6,13H2,(H,15,16). The van der Waals surface area contributed by atoms with Crippen LogP contribution >= 0.6 is 0 Å². The predicted molar refractivity (Wildman–Crippen MR) is 61.5 cm³/mol. The van der Waals surface area contributed by atoms with E-state index in [0.717, 1.165) is 5.69 Å². The number of para-hydroxylation sites is 1.